The molecule has 0 amide bonds. The molecule has 0 saturated carbocycles. The van der Waals surface area contributed by atoms with Gasteiger partial charge in [-0.25, -0.2) is 8.42 Å². The summed E-state index contributed by atoms with van der Waals surface area (Å²) in [7, 11) is -3.69. The molecule has 0 aliphatic carbocycles. The summed E-state index contributed by atoms with van der Waals surface area (Å²) >= 11 is 0. The highest BCUT2D eigenvalue weighted by Gasteiger charge is 2.17. The lowest BCUT2D eigenvalue weighted by Crippen LogP contribution is -2.41. The van der Waals surface area contributed by atoms with Gasteiger partial charge in [0.05, 0.1) is 11.1 Å². The Morgan fingerprint density at radius 3 is 2.44 bits per heavy atom. The van der Waals surface area contributed by atoms with E-state index in [1.165, 1.54) is 12.1 Å². The van der Waals surface area contributed by atoms with Crippen LogP contribution in [0.4, 0.5) is 0 Å². The minimum Gasteiger partial charge on any atom is -0.481 e. The fourth-order valence-corrected chi connectivity index (χ4v) is 2.47. The van der Waals surface area contributed by atoms with Crippen molar-refractivity contribution in [2.45, 2.75) is 30.8 Å². The monoisotopic (exact) mass is 272 g/mol. The second kappa shape index (κ2) is 5.94. The van der Waals surface area contributed by atoms with Crippen LogP contribution in [0.1, 0.15) is 18.4 Å². The van der Waals surface area contributed by atoms with Gasteiger partial charge in [0, 0.05) is 6.42 Å². The molecule has 0 bridgehead atoms. The summed E-state index contributed by atoms with van der Waals surface area (Å²) in [4.78, 5) is 10.5. The van der Waals surface area contributed by atoms with E-state index in [-0.39, 0.29) is 17.7 Å². The summed E-state index contributed by atoms with van der Waals surface area (Å²) in [6.07, 6.45) is -1.05. The van der Waals surface area contributed by atoms with Crippen molar-refractivity contribution in [1.82, 2.24) is 4.72 Å². The number of rotatable bonds is 6. The Bertz CT molecular complexity index is 510. The Kier molecular flexibility index (Phi) is 4.83. The predicted molar refractivity (Wildman–Crippen MR) is 66.3 cm³/mol. The summed E-state index contributed by atoms with van der Waals surface area (Å²) in [5.41, 5.74) is 6.47. The number of hydrogen-bond donors (Lipinski definition) is 3. The second-order valence-corrected chi connectivity index (χ2v) is 5.69. The van der Waals surface area contributed by atoms with Gasteiger partial charge in [-0.15, -0.1) is 0 Å². The van der Waals surface area contributed by atoms with Crippen LogP contribution in [0.3, 0.4) is 0 Å². The van der Waals surface area contributed by atoms with Gasteiger partial charge in [0.15, 0.2) is 0 Å². The third-order valence-electron chi connectivity index (χ3n) is 2.31. The molecule has 0 saturated heterocycles. The van der Waals surface area contributed by atoms with Gasteiger partial charge >= 0.3 is 5.97 Å². The number of benzene rings is 1. The maximum Gasteiger partial charge on any atom is 0.303 e. The second-order valence-electron chi connectivity index (χ2n) is 3.97. The molecule has 0 spiro atoms. The Morgan fingerprint density at radius 2 is 1.94 bits per heavy atom. The molecule has 1 aromatic rings. The largest absolute Gasteiger partial charge is 0.481 e. The fraction of sp³-hybridized carbons (Fsp3) is 0.364. The van der Waals surface area contributed by atoms with E-state index in [0.717, 1.165) is 5.56 Å². The molecule has 18 heavy (non-hydrogen) atoms. The number of nitrogens with one attached hydrogen (secondary N) is 1. The molecule has 0 aliphatic rings. The Morgan fingerprint density at radius 1 is 1.39 bits per heavy atom. The van der Waals surface area contributed by atoms with Crippen LogP contribution in [0, 0.1) is 6.92 Å². The number of carboxylic acid groups (broad SMARTS) is 1. The van der Waals surface area contributed by atoms with E-state index in [0.29, 0.717) is 0 Å². The summed E-state index contributed by atoms with van der Waals surface area (Å²) in [5.74, 6) is -1.01. The number of carboxylic acids is 1. The maximum absolute atomic E-state index is 11.9. The average molecular weight is 272 g/mol. The van der Waals surface area contributed by atoms with Crippen molar-refractivity contribution in [3.63, 3.8) is 0 Å². The lowest BCUT2D eigenvalue weighted by atomic mass is 10.2. The third-order valence-corrected chi connectivity index (χ3v) is 3.81. The van der Waals surface area contributed by atoms with Gasteiger partial charge in [-0.05, 0) is 25.5 Å². The highest BCUT2D eigenvalue weighted by atomic mass is 32.2. The van der Waals surface area contributed by atoms with E-state index in [1.54, 1.807) is 12.1 Å². The smallest absolute Gasteiger partial charge is 0.303 e. The van der Waals surface area contributed by atoms with Crippen molar-refractivity contribution < 1.29 is 18.3 Å². The fourth-order valence-electron chi connectivity index (χ4n) is 1.32. The van der Waals surface area contributed by atoms with Gasteiger partial charge in [-0.2, -0.15) is 4.72 Å². The molecule has 0 fully saturated rings. The molecular weight excluding hydrogens is 256 g/mol. The molecule has 0 aromatic heterocycles. The number of carbonyl (C=O) groups is 1. The molecule has 4 N–H and O–H groups in total. The normalized spacial score (nSPS) is 13.2. The lowest BCUT2D eigenvalue weighted by molar-refractivity contribution is -0.137. The standard InChI is InChI=1S/C11H16N2O4S/c1-8-2-4-9(5-3-8)18(16,17)13-10(12)6-7-11(14)15/h2-5,10,13H,6-7,12H2,1H3,(H,14,15)/t10-/m1/s1. The van der Waals surface area contributed by atoms with Crippen LogP contribution < -0.4 is 10.5 Å². The van der Waals surface area contributed by atoms with Crippen molar-refractivity contribution in [2.24, 2.45) is 5.73 Å². The van der Waals surface area contributed by atoms with Gasteiger partial charge < -0.3 is 10.8 Å². The molecule has 100 valence electrons. The number of aryl methyl sites for hydroxylation is 1. The molecule has 6 nitrogen and oxygen atoms in total. The maximum atomic E-state index is 11.9. The van der Waals surface area contributed by atoms with Gasteiger partial charge in [0.1, 0.15) is 0 Å². The SMILES string of the molecule is Cc1ccc(S(=O)(=O)N[C@@H](N)CCC(=O)O)cc1. The van der Waals surface area contributed by atoms with Crippen molar-refractivity contribution in [3.05, 3.63) is 29.8 Å². The van der Waals surface area contributed by atoms with Crippen molar-refractivity contribution in [2.75, 3.05) is 0 Å². The molecule has 7 heteroatoms. The summed E-state index contributed by atoms with van der Waals surface area (Å²) in [6.45, 7) is 1.85. The van der Waals surface area contributed by atoms with Gasteiger partial charge in [-0.3, -0.25) is 4.79 Å². The first-order valence-corrected chi connectivity index (χ1v) is 6.86. The quantitative estimate of drug-likeness (QED) is 0.650. The van der Waals surface area contributed by atoms with E-state index >= 15 is 0 Å². The average Bonchev–Trinajstić information content (AvgIpc) is 2.26. The lowest BCUT2D eigenvalue weighted by Gasteiger charge is -2.13. The topological polar surface area (TPSA) is 109 Å². The van der Waals surface area contributed by atoms with Crippen LogP contribution in [0.5, 0.6) is 0 Å². The van der Waals surface area contributed by atoms with Crippen molar-refractivity contribution in [1.29, 1.82) is 0 Å². The molecule has 1 atom stereocenters. The first kappa shape index (κ1) is 14.6. The van der Waals surface area contributed by atoms with Crippen LogP contribution in [0.25, 0.3) is 0 Å². The number of aliphatic carboxylic acids is 1. The van der Waals surface area contributed by atoms with Gasteiger partial charge in [0.25, 0.3) is 0 Å². The number of nitrogens with two attached hydrogens (primary N) is 1. The Balaban J connectivity index is 2.70. The van der Waals surface area contributed by atoms with Gasteiger partial charge in [0.2, 0.25) is 10.0 Å². The summed E-state index contributed by atoms with van der Waals surface area (Å²) in [5, 5.41) is 8.48. The van der Waals surface area contributed by atoms with E-state index in [1.807, 2.05) is 6.92 Å². The zero-order chi connectivity index (χ0) is 13.8. The van der Waals surface area contributed by atoms with Crippen LogP contribution in [-0.4, -0.2) is 25.7 Å². The summed E-state index contributed by atoms with van der Waals surface area (Å²) < 4.78 is 26.0. The van der Waals surface area contributed by atoms with Crippen molar-refractivity contribution in [3.8, 4) is 0 Å². The first-order chi connectivity index (χ1) is 8.31. The molecule has 0 aliphatic heterocycles. The van der Waals surface area contributed by atoms with Crippen LogP contribution in [0.15, 0.2) is 29.2 Å². The molecule has 0 radical (unpaired) electrons. The molecule has 1 aromatic carbocycles. The Labute approximate surface area is 106 Å². The van der Waals surface area contributed by atoms with Crippen LogP contribution >= 0.6 is 0 Å². The minimum absolute atomic E-state index is 0.0421. The first-order valence-electron chi connectivity index (χ1n) is 5.37. The minimum atomic E-state index is -3.69. The molecule has 0 unspecified atom stereocenters. The molecule has 0 heterocycles. The Hall–Kier alpha value is -1.44. The summed E-state index contributed by atoms with van der Waals surface area (Å²) in [6, 6.07) is 6.30. The van der Waals surface area contributed by atoms with E-state index in [4.69, 9.17) is 10.8 Å². The van der Waals surface area contributed by atoms with E-state index < -0.39 is 22.2 Å². The van der Waals surface area contributed by atoms with Crippen molar-refractivity contribution >= 4 is 16.0 Å². The zero-order valence-corrected chi connectivity index (χ0v) is 10.8. The van der Waals surface area contributed by atoms with Crippen LogP contribution in [-0.2, 0) is 14.8 Å². The molecule has 1 rings (SSSR count). The number of hydrogen-bond acceptors (Lipinski definition) is 4. The van der Waals surface area contributed by atoms with E-state index in [2.05, 4.69) is 4.72 Å². The highest BCUT2D eigenvalue weighted by molar-refractivity contribution is 7.89. The van der Waals surface area contributed by atoms with E-state index in [9.17, 15) is 13.2 Å². The number of sulfonamides is 1. The predicted octanol–water partition coefficient (Wildman–Crippen LogP) is 0.423. The van der Waals surface area contributed by atoms with Gasteiger partial charge in [-0.1, -0.05) is 17.7 Å². The molecular formula is C11H16N2O4S. The zero-order valence-electron chi connectivity index (χ0n) is 9.96. The highest BCUT2D eigenvalue weighted by Crippen LogP contribution is 2.10. The third kappa shape index (κ3) is 4.44. The van der Waals surface area contributed by atoms with Crippen LogP contribution in [0.2, 0.25) is 0 Å².